The third-order valence-corrected chi connectivity index (χ3v) is 3.27. The summed E-state index contributed by atoms with van der Waals surface area (Å²) < 4.78 is 2.59. The molecule has 0 aliphatic heterocycles. The lowest BCUT2D eigenvalue weighted by Crippen LogP contribution is -2.23. The first-order chi connectivity index (χ1) is 9.29. The first kappa shape index (κ1) is 11.8. The van der Waals surface area contributed by atoms with Gasteiger partial charge in [0.1, 0.15) is 0 Å². The summed E-state index contributed by atoms with van der Waals surface area (Å²) in [5, 5.41) is 9.56. The highest BCUT2D eigenvalue weighted by molar-refractivity contribution is 7.07. The van der Waals surface area contributed by atoms with Crippen molar-refractivity contribution in [3.8, 4) is 16.9 Å². The number of aryl methyl sites for hydroxylation is 1. The van der Waals surface area contributed by atoms with Gasteiger partial charge in [-0.2, -0.15) is 9.36 Å². The van der Waals surface area contributed by atoms with Crippen molar-refractivity contribution in [2.45, 2.75) is 13.5 Å². The average molecular weight is 272 g/mol. The lowest BCUT2D eigenvalue weighted by Gasteiger charge is -2.00. The highest BCUT2D eigenvalue weighted by Crippen LogP contribution is 2.19. The Hall–Kier alpha value is -2.28. The molecule has 0 spiro atoms. The molecule has 0 fully saturated rings. The van der Waals surface area contributed by atoms with E-state index >= 15 is 0 Å². The van der Waals surface area contributed by atoms with Gasteiger partial charge in [0.05, 0.1) is 11.4 Å². The molecule has 2 aromatic heterocycles. The molecule has 0 amide bonds. The van der Waals surface area contributed by atoms with Crippen molar-refractivity contribution in [3.63, 3.8) is 0 Å². The van der Waals surface area contributed by atoms with Gasteiger partial charge in [-0.3, -0.25) is 0 Å². The van der Waals surface area contributed by atoms with Crippen LogP contribution in [0.25, 0.3) is 16.9 Å². The minimum atomic E-state index is -0.239. The highest BCUT2D eigenvalue weighted by Gasteiger charge is 2.07. The van der Waals surface area contributed by atoms with Crippen molar-refractivity contribution in [1.29, 1.82) is 0 Å². The van der Waals surface area contributed by atoms with Gasteiger partial charge in [0.15, 0.2) is 5.51 Å². The normalized spacial score (nSPS) is 10.8. The predicted molar refractivity (Wildman–Crippen MR) is 71.2 cm³/mol. The number of benzene rings is 1. The molecular weight excluding hydrogens is 262 g/mol. The fourth-order valence-electron chi connectivity index (χ4n) is 1.72. The van der Waals surface area contributed by atoms with Crippen LogP contribution < -0.4 is 5.69 Å². The summed E-state index contributed by atoms with van der Waals surface area (Å²) in [5.41, 5.74) is 5.11. The molecule has 3 rings (SSSR count). The maximum absolute atomic E-state index is 11.9. The van der Waals surface area contributed by atoms with Crippen LogP contribution in [0.3, 0.4) is 0 Å². The monoisotopic (exact) mass is 272 g/mol. The van der Waals surface area contributed by atoms with E-state index in [1.807, 2.05) is 36.6 Å². The summed E-state index contributed by atoms with van der Waals surface area (Å²) in [6.07, 6.45) is 0. The molecule has 7 heteroatoms. The van der Waals surface area contributed by atoms with Crippen LogP contribution in [0, 0.1) is 5.51 Å². The molecular formula is C12H10N5OS. The highest BCUT2D eigenvalue weighted by atomic mass is 32.1. The largest absolute Gasteiger partial charge is 0.368 e. The van der Waals surface area contributed by atoms with E-state index in [2.05, 4.69) is 20.9 Å². The Kier molecular flexibility index (Phi) is 2.96. The van der Waals surface area contributed by atoms with Crippen molar-refractivity contribution in [2.75, 3.05) is 0 Å². The van der Waals surface area contributed by atoms with E-state index < -0.39 is 0 Å². The molecule has 0 saturated carbocycles. The molecule has 0 atom stereocenters. The van der Waals surface area contributed by atoms with E-state index in [4.69, 9.17) is 0 Å². The van der Waals surface area contributed by atoms with Crippen LogP contribution in [0.1, 0.15) is 6.92 Å². The molecule has 0 aliphatic carbocycles. The van der Waals surface area contributed by atoms with Gasteiger partial charge in [-0.25, -0.2) is 9.78 Å². The van der Waals surface area contributed by atoms with Gasteiger partial charge in [0.2, 0.25) is 0 Å². The molecule has 19 heavy (non-hydrogen) atoms. The smallest absolute Gasteiger partial charge is 0.244 e. The van der Waals surface area contributed by atoms with Gasteiger partial charge in [0.25, 0.3) is 0 Å². The number of tetrazole rings is 1. The second kappa shape index (κ2) is 4.77. The van der Waals surface area contributed by atoms with Gasteiger partial charge in [-0.15, -0.1) is 11.3 Å². The molecule has 0 bridgehead atoms. The molecule has 0 aliphatic rings. The quantitative estimate of drug-likeness (QED) is 0.722. The lowest BCUT2D eigenvalue weighted by atomic mass is 10.1. The Morgan fingerprint density at radius 2 is 2.05 bits per heavy atom. The molecule has 3 aromatic rings. The minimum absolute atomic E-state index is 0.239. The van der Waals surface area contributed by atoms with Crippen LogP contribution in [-0.4, -0.2) is 24.8 Å². The van der Waals surface area contributed by atoms with Gasteiger partial charge in [-0.05, 0) is 29.5 Å². The second-order valence-corrected chi connectivity index (χ2v) is 4.51. The summed E-state index contributed by atoms with van der Waals surface area (Å²) in [5.74, 6) is 0. The van der Waals surface area contributed by atoms with Crippen LogP contribution >= 0.6 is 11.3 Å². The van der Waals surface area contributed by atoms with E-state index in [9.17, 15) is 4.79 Å². The standard InChI is InChI=1S/C12H10N5OS/c1-2-16-12(18)17(15-14-16)10-5-3-9(4-6-10)11-7-19-8-13-11/h3-7H,2H2,1H3. The Bertz CT molecular complexity index is 726. The number of hydrogen-bond donors (Lipinski definition) is 0. The molecule has 6 nitrogen and oxygen atoms in total. The Balaban J connectivity index is 1.98. The zero-order valence-corrected chi connectivity index (χ0v) is 11.0. The maximum atomic E-state index is 11.9. The summed E-state index contributed by atoms with van der Waals surface area (Å²) in [4.78, 5) is 16.0. The lowest BCUT2D eigenvalue weighted by molar-refractivity contribution is 0.609. The van der Waals surface area contributed by atoms with Crippen LogP contribution in [0.4, 0.5) is 0 Å². The molecule has 0 N–H and O–H groups in total. The maximum Gasteiger partial charge on any atom is 0.368 e. The Morgan fingerprint density at radius 3 is 2.63 bits per heavy atom. The average Bonchev–Trinajstić information content (AvgIpc) is 3.08. The van der Waals surface area contributed by atoms with Crippen LogP contribution in [-0.2, 0) is 6.54 Å². The fraction of sp³-hybridized carbons (Fsp3) is 0.167. The van der Waals surface area contributed by atoms with Crippen LogP contribution in [0.2, 0.25) is 0 Å². The predicted octanol–water partition coefficient (Wildman–Crippen LogP) is 1.37. The molecule has 1 aromatic carbocycles. The molecule has 0 saturated heterocycles. The summed E-state index contributed by atoms with van der Waals surface area (Å²) in [6, 6.07) is 7.45. The van der Waals surface area contributed by atoms with Crippen molar-refractivity contribution < 1.29 is 0 Å². The van der Waals surface area contributed by atoms with Crippen molar-refractivity contribution >= 4 is 11.3 Å². The van der Waals surface area contributed by atoms with Crippen molar-refractivity contribution in [2.24, 2.45) is 0 Å². The van der Waals surface area contributed by atoms with E-state index in [0.29, 0.717) is 12.2 Å². The summed E-state index contributed by atoms with van der Waals surface area (Å²) >= 11 is 1.43. The van der Waals surface area contributed by atoms with Crippen molar-refractivity contribution in [1.82, 2.24) is 24.8 Å². The number of rotatable bonds is 3. The summed E-state index contributed by atoms with van der Waals surface area (Å²) in [6.45, 7) is 2.35. The third kappa shape index (κ3) is 2.08. The van der Waals surface area contributed by atoms with E-state index in [1.165, 1.54) is 20.7 Å². The Labute approximate surface area is 112 Å². The first-order valence-electron chi connectivity index (χ1n) is 5.75. The van der Waals surface area contributed by atoms with Crippen molar-refractivity contribution in [3.05, 3.63) is 45.6 Å². The summed E-state index contributed by atoms with van der Waals surface area (Å²) in [7, 11) is 0. The zero-order chi connectivity index (χ0) is 13.2. The topological polar surface area (TPSA) is 65.6 Å². The zero-order valence-electron chi connectivity index (χ0n) is 10.1. The number of nitrogens with zero attached hydrogens (tertiary/aromatic N) is 5. The molecule has 1 radical (unpaired) electrons. The van der Waals surface area contributed by atoms with Crippen LogP contribution in [0.15, 0.2) is 34.4 Å². The van der Waals surface area contributed by atoms with Crippen LogP contribution in [0.5, 0.6) is 0 Å². The SMILES string of the molecule is CCn1nnn(-c2ccc(-c3cs[c]n3)cc2)c1=O. The van der Waals surface area contributed by atoms with E-state index in [1.54, 1.807) is 0 Å². The minimum Gasteiger partial charge on any atom is -0.244 e. The van der Waals surface area contributed by atoms with Gasteiger partial charge >= 0.3 is 5.69 Å². The van der Waals surface area contributed by atoms with E-state index in [-0.39, 0.29) is 5.69 Å². The Morgan fingerprint density at radius 1 is 1.26 bits per heavy atom. The number of thiazole rings is 1. The molecule has 0 unspecified atom stereocenters. The molecule has 2 heterocycles. The van der Waals surface area contributed by atoms with Gasteiger partial charge in [-0.1, -0.05) is 12.1 Å². The molecule has 95 valence electrons. The van der Waals surface area contributed by atoms with Gasteiger partial charge in [0, 0.05) is 17.5 Å². The van der Waals surface area contributed by atoms with E-state index in [0.717, 1.165) is 11.3 Å². The third-order valence-electron chi connectivity index (χ3n) is 2.74. The fourth-order valence-corrected chi connectivity index (χ4v) is 2.23. The number of aromatic nitrogens is 5. The number of hydrogen-bond acceptors (Lipinski definition) is 5. The first-order valence-corrected chi connectivity index (χ1v) is 6.63. The van der Waals surface area contributed by atoms with Gasteiger partial charge < -0.3 is 0 Å². The second-order valence-electron chi connectivity index (χ2n) is 3.86.